The van der Waals surface area contributed by atoms with Crippen LogP contribution >= 0.6 is 7.60 Å². The fourth-order valence-corrected chi connectivity index (χ4v) is 6.46. The molecule has 0 radical (unpaired) electrons. The van der Waals surface area contributed by atoms with Crippen LogP contribution in [0, 0.1) is 0 Å². The Balaban J connectivity index is 1.85. The molecule has 4 rings (SSSR count). The monoisotopic (exact) mass is 672 g/mol. The predicted molar refractivity (Wildman–Crippen MR) is 183 cm³/mol. The van der Waals surface area contributed by atoms with Gasteiger partial charge in [-0.15, -0.1) is 0 Å². The first-order valence-electron chi connectivity index (χ1n) is 15.0. The van der Waals surface area contributed by atoms with Gasteiger partial charge in [0.05, 0.1) is 6.42 Å². The third-order valence-electron chi connectivity index (χ3n) is 7.36. The Hall–Kier alpha value is -5.29. The third kappa shape index (κ3) is 9.85. The van der Waals surface area contributed by atoms with E-state index in [-0.39, 0.29) is 42.5 Å². The summed E-state index contributed by atoms with van der Waals surface area (Å²) in [6, 6.07) is 27.9. The van der Waals surface area contributed by atoms with E-state index < -0.39 is 31.3 Å². The van der Waals surface area contributed by atoms with Crippen LogP contribution in [0.15, 0.2) is 103 Å². The van der Waals surface area contributed by atoms with Crippen molar-refractivity contribution in [2.75, 3.05) is 22.1 Å². The molecule has 0 saturated carbocycles. The lowest BCUT2D eigenvalue weighted by molar-refractivity contribution is -0.137. The summed E-state index contributed by atoms with van der Waals surface area (Å²) < 4.78 is 13.4. The molecule has 250 valence electrons. The van der Waals surface area contributed by atoms with Crippen LogP contribution in [0.4, 0.5) is 17.1 Å². The molecule has 3 amide bonds. The second kappa shape index (κ2) is 16.0. The van der Waals surface area contributed by atoms with Crippen molar-refractivity contribution in [1.82, 2.24) is 5.32 Å². The van der Waals surface area contributed by atoms with Gasteiger partial charge in [-0.05, 0) is 58.7 Å². The number of hydrogen-bond acceptors (Lipinski definition) is 6. The zero-order valence-electron chi connectivity index (χ0n) is 26.4. The minimum Gasteiger partial charge on any atom is -0.481 e. The lowest BCUT2D eigenvalue weighted by Gasteiger charge is -2.39. The quantitative estimate of drug-likeness (QED) is 0.0985. The van der Waals surface area contributed by atoms with Crippen LogP contribution in [0.5, 0.6) is 0 Å². The number of rotatable bonds is 14. The standard InChI is InChI=1S/C35H37N4O8P/c1-23(40)37-29-14-12-28(13-15-29)35(48(45,46)47)39(31-18-16-30(17-19-31)38-24(2)41)32(34(44)36-21-20-33(42)43)22-25-8-10-27(11-9-25)26-6-4-3-5-7-26/h3-19,32,35H,20-22H2,1-2H3,(H,36,44)(H,37,40)(H,38,41)(H,42,43)(H2,45,46,47)/t32-,35?/m0/s1. The molecular weight excluding hydrogens is 635 g/mol. The number of aliphatic carboxylic acids is 1. The lowest BCUT2D eigenvalue weighted by Crippen LogP contribution is -2.50. The van der Waals surface area contributed by atoms with Crippen molar-refractivity contribution in [1.29, 1.82) is 0 Å². The first kappa shape index (κ1) is 35.6. The molecule has 4 aromatic rings. The van der Waals surface area contributed by atoms with Crippen molar-refractivity contribution in [3.8, 4) is 11.1 Å². The van der Waals surface area contributed by atoms with Gasteiger partial charge >= 0.3 is 13.6 Å². The van der Waals surface area contributed by atoms with Crippen LogP contribution in [-0.2, 0) is 30.2 Å². The zero-order chi connectivity index (χ0) is 34.8. The van der Waals surface area contributed by atoms with Gasteiger partial charge in [0.2, 0.25) is 17.7 Å². The molecule has 1 unspecified atom stereocenters. The maximum absolute atomic E-state index is 14.0. The van der Waals surface area contributed by atoms with E-state index in [4.69, 9.17) is 0 Å². The summed E-state index contributed by atoms with van der Waals surface area (Å²) in [6.45, 7) is 2.47. The molecule has 0 heterocycles. The summed E-state index contributed by atoms with van der Waals surface area (Å²) in [5.74, 6) is -4.11. The molecule has 0 aliphatic rings. The van der Waals surface area contributed by atoms with Gasteiger partial charge in [-0.2, -0.15) is 0 Å². The minimum atomic E-state index is -5.09. The van der Waals surface area contributed by atoms with Crippen molar-refractivity contribution >= 4 is 48.3 Å². The van der Waals surface area contributed by atoms with Gasteiger partial charge < -0.3 is 35.7 Å². The lowest BCUT2D eigenvalue weighted by atomic mass is 9.98. The van der Waals surface area contributed by atoms with E-state index in [1.165, 1.54) is 55.1 Å². The molecule has 0 bridgehead atoms. The molecule has 12 nitrogen and oxygen atoms in total. The number of anilines is 3. The van der Waals surface area contributed by atoms with E-state index in [0.717, 1.165) is 11.1 Å². The minimum absolute atomic E-state index is 0.0120. The molecule has 13 heteroatoms. The fourth-order valence-electron chi connectivity index (χ4n) is 5.29. The Morgan fingerprint density at radius 1 is 0.729 bits per heavy atom. The predicted octanol–water partition coefficient (Wildman–Crippen LogP) is 5.16. The van der Waals surface area contributed by atoms with E-state index in [2.05, 4.69) is 16.0 Å². The highest BCUT2D eigenvalue weighted by molar-refractivity contribution is 7.52. The Morgan fingerprint density at radius 2 is 1.25 bits per heavy atom. The first-order chi connectivity index (χ1) is 22.8. The number of carbonyl (C=O) groups is 4. The summed E-state index contributed by atoms with van der Waals surface area (Å²) in [5.41, 5.74) is 3.84. The molecule has 48 heavy (non-hydrogen) atoms. The molecular formula is C35H37N4O8P. The topological polar surface area (TPSA) is 185 Å². The third-order valence-corrected chi connectivity index (χ3v) is 8.55. The van der Waals surface area contributed by atoms with Crippen LogP contribution in [0.2, 0.25) is 0 Å². The average molecular weight is 673 g/mol. The van der Waals surface area contributed by atoms with Crippen LogP contribution in [0.3, 0.4) is 0 Å². The van der Waals surface area contributed by atoms with Gasteiger partial charge in [0.25, 0.3) is 0 Å². The van der Waals surface area contributed by atoms with Crippen LogP contribution in [-0.4, -0.2) is 51.2 Å². The Bertz CT molecular complexity index is 1780. The van der Waals surface area contributed by atoms with Gasteiger partial charge in [-0.25, -0.2) is 0 Å². The molecule has 6 N–H and O–H groups in total. The van der Waals surface area contributed by atoms with Crippen LogP contribution < -0.4 is 20.9 Å². The highest BCUT2D eigenvalue weighted by Gasteiger charge is 2.42. The second-order valence-corrected chi connectivity index (χ2v) is 12.8. The van der Waals surface area contributed by atoms with Gasteiger partial charge in [0, 0.05) is 43.9 Å². The number of nitrogens with one attached hydrogen (secondary N) is 3. The van der Waals surface area contributed by atoms with Crippen molar-refractivity contribution < 1.29 is 38.6 Å². The first-order valence-corrected chi connectivity index (χ1v) is 16.7. The molecule has 0 aromatic heterocycles. The highest BCUT2D eigenvalue weighted by atomic mass is 31.2. The smallest absolute Gasteiger partial charge is 0.352 e. The Kier molecular flexibility index (Phi) is 11.9. The number of carboxylic acids is 1. The number of hydrogen-bond donors (Lipinski definition) is 6. The number of carboxylic acid groups (broad SMARTS) is 1. The zero-order valence-corrected chi connectivity index (χ0v) is 27.3. The van der Waals surface area contributed by atoms with Gasteiger partial charge in [-0.1, -0.05) is 66.7 Å². The summed E-state index contributed by atoms with van der Waals surface area (Å²) in [5, 5.41) is 17.1. The van der Waals surface area contributed by atoms with E-state index in [1.807, 2.05) is 54.6 Å². The number of carbonyl (C=O) groups excluding carboxylic acids is 3. The van der Waals surface area contributed by atoms with Crippen molar-refractivity contribution in [2.24, 2.45) is 0 Å². The SMILES string of the molecule is CC(=O)Nc1ccc(C(N(c2ccc(NC(C)=O)cc2)[C@@H](Cc2ccc(-c3ccccc3)cc2)C(=O)NCCC(=O)O)P(=O)(O)O)cc1. The van der Waals surface area contributed by atoms with Gasteiger partial charge in [-0.3, -0.25) is 23.7 Å². The van der Waals surface area contributed by atoms with Crippen LogP contribution in [0.1, 0.15) is 37.2 Å². The van der Waals surface area contributed by atoms with Crippen molar-refractivity contribution in [2.45, 2.75) is 38.5 Å². The molecule has 2 atom stereocenters. The molecule has 0 fully saturated rings. The normalized spacial score (nSPS) is 12.3. The maximum Gasteiger partial charge on any atom is 0.352 e. The fraction of sp³-hybridized carbons (Fsp3) is 0.200. The number of benzene rings is 4. The summed E-state index contributed by atoms with van der Waals surface area (Å²) in [6.07, 6.45) is -0.371. The number of nitrogens with zero attached hydrogens (tertiary/aromatic N) is 1. The van der Waals surface area contributed by atoms with E-state index in [1.54, 1.807) is 12.1 Å². The summed E-state index contributed by atoms with van der Waals surface area (Å²) >= 11 is 0. The Morgan fingerprint density at radius 3 is 1.75 bits per heavy atom. The van der Waals surface area contributed by atoms with E-state index in [9.17, 15) is 38.6 Å². The summed E-state index contributed by atoms with van der Waals surface area (Å²) in [7, 11) is -5.09. The van der Waals surface area contributed by atoms with Crippen molar-refractivity contribution in [3.63, 3.8) is 0 Å². The second-order valence-electron chi connectivity index (χ2n) is 11.1. The van der Waals surface area contributed by atoms with Crippen LogP contribution in [0.25, 0.3) is 11.1 Å². The molecule has 0 saturated heterocycles. The largest absolute Gasteiger partial charge is 0.481 e. The van der Waals surface area contributed by atoms with Gasteiger partial charge in [0.1, 0.15) is 6.04 Å². The van der Waals surface area contributed by atoms with Gasteiger partial charge in [0.15, 0.2) is 5.78 Å². The maximum atomic E-state index is 14.0. The number of amides is 3. The van der Waals surface area contributed by atoms with E-state index >= 15 is 0 Å². The highest BCUT2D eigenvalue weighted by Crippen LogP contribution is 2.55. The summed E-state index contributed by atoms with van der Waals surface area (Å²) in [4.78, 5) is 71.6. The van der Waals surface area contributed by atoms with E-state index in [0.29, 0.717) is 16.9 Å². The molecule has 0 aliphatic heterocycles. The Labute approximate surface area is 278 Å². The molecule has 0 aliphatic carbocycles. The average Bonchev–Trinajstić information content (AvgIpc) is 3.03. The molecule has 4 aromatic carbocycles. The molecule has 0 spiro atoms. The van der Waals surface area contributed by atoms with Crippen molar-refractivity contribution in [3.05, 3.63) is 114 Å².